The number of anilines is 1. The van der Waals surface area contributed by atoms with Crippen molar-refractivity contribution in [2.45, 2.75) is 6.42 Å². The van der Waals surface area contributed by atoms with Gasteiger partial charge >= 0.3 is 0 Å². The van der Waals surface area contributed by atoms with Crippen LogP contribution in [-0.2, 0) is 6.42 Å². The summed E-state index contributed by atoms with van der Waals surface area (Å²) in [4.78, 5) is 11.8. The van der Waals surface area contributed by atoms with Crippen molar-refractivity contribution in [1.82, 2.24) is 15.0 Å². The number of aromatic amines is 1. The number of thiophene rings is 1. The summed E-state index contributed by atoms with van der Waals surface area (Å²) in [6.45, 7) is 0. The van der Waals surface area contributed by atoms with E-state index in [0.717, 1.165) is 23.3 Å². The Balaban J connectivity index is 2.04. The Morgan fingerprint density at radius 1 is 1.31 bits per heavy atom. The van der Waals surface area contributed by atoms with E-state index in [-0.39, 0.29) is 0 Å². The monoisotopic (exact) mass is 230 g/mol. The van der Waals surface area contributed by atoms with Crippen LogP contribution >= 0.6 is 11.3 Å². The van der Waals surface area contributed by atoms with Gasteiger partial charge in [-0.1, -0.05) is 0 Å². The highest BCUT2D eigenvalue weighted by Crippen LogP contribution is 2.18. The molecule has 0 bridgehead atoms. The van der Waals surface area contributed by atoms with Crippen molar-refractivity contribution in [2.75, 3.05) is 5.73 Å². The number of nitrogens with zero attached hydrogens (tertiary/aromatic N) is 2. The Morgan fingerprint density at radius 3 is 3.06 bits per heavy atom. The van der Waals surface area contributed by atoms with E-state index in [1.54, 1.807) is 11.3 Å². The normalized spacial score (nSPS) is 11.0. The first-order chi connectivity index (χ1) is 7.83. The summed E-state index contributed by atoms with van der Waals surface area (Å²) >= 11 is 1.67. The number of nitrogens with one attached hydrogen (secondary N) is 1. The molecule has 0 radical (unpaired) electrons. The Morgan fingerprint density at radius 2 is 2.25 bits per heavy atom. The summed E-state index contributed by atoms with van der Waals surface area (Å²) in [5, 5.41) is 5.03. The van der Waals surface area contributed by atoms with Crippen LogP contribution in [0.3, 0.4) is 0 Å². The van der Waals surface area contributed by atoms with Crippen LogP contribution in [0, 0.1) is 0 Å². The van der Waals surface area contributed by atoms with Gasteiger partial charge in [-0.25, -0.2) is 9.97 Å². The molecule has 0 aliphatic heterocycles. The molecule has 3 heterocycles. The molecule has 4 nitrogen and oxygen atoms in total. The lowest BCUT2D eigenvalue weighted by Gasteiger charge is -2.00. The van der Waals surface area contributed by atoms with E-state index in [9.17, 15) is 0 Å². The van der Waals surface area contributed by atoms with Crippen LogP contribution in [0.4, 0.5) is 5.82 Å². The molecule has 16 heavy (non-hydrogen) atoms. The number of nitrogen functional groups attached to an aromatic ring is 1. The first-order valence-electron chi connectivity index (χ1n) is 4.93. The topological polar surface area (TPSA) is 67.6 Å². The summed E-state index contributed by atoms with van der Waals surface area (Å²) in [5.41, 5.74) is 7.88. The van der Waals surface area contributed by atoms with Crippen molar-refractivity contribution in [1.29, 1.82) is 0 Å². The van der Waals surface area contributed by atoms with E-state index in [1.807, 2.05) is 17.6 Å². The third-order valence-electron chi connectivity index (χ3n) is 2.43. The SMILES string of the molecule is Nc1nc(Cc2ccsc2)nc2[nH]ccc12. The fourth-order valence-electron chi connectivity index (χ4n) is 1.67. The standard InChI is InChI=1S/C11H10N4S/c12-10-8-1-3-13-11(8)15-9(14-10)5-7-2-4-16-6-7/h1-4,6H,5H2,(H3,12,13,14,15). The summed E-state index contributed by atoms with van der Waals surface area (Å²) < 4.78 is 0. The molecular formula is C11H10N4S. The molecule has 0 aromatic carbocycles. The highest BCUT2D eigenvalue weighted by Gasteiger charge is 2.06. The van der Waals surface area contributed by atoms with Gasteiger partial charge in [-0.15, -0.1) is 0 Å². The van der Waals surface area contributed by atoms with Gasteiger partial charge in [0.2, 0.25) is 0 Å². The molecule has 80 valence electrons. The molecule has 3 aromatic rings. The van der Waals surface area contributed by atoms with Gasteiger partial charge in [-0.2, -0.15) is 11.3 Å². The molecule has 5 heteroatoms. The number of H-pyrrole nitrogens is 1. The summed E-state index contributed by atoms with van der Waals surface area (Å²) in [6, 6.07) is 3.96. The third kappa shape index (κ3) is 1.55. The predicted molar refractivity (Wildman–Crippen MR) is 65.4 cm³/mol. The molecular weight excluding hydrogens is 220 g/mol. The van der Waals surface area contributed by atoms with Crippen molar-refractivity contribution < 1.29 is 0 Å². The van der Waals surface area contributed by atoms with E-state index < -0.39 is 0 Å². The van der Waals surface area contributed by atoms with Crippen molar-refractivity contribution in [3.05, 3.63) is 40.5 Å². The van der Waals surface area contributed by atoms with Crippen LogP contribution in [-0.4, -0.2) is 15.0 Å². The molecule has 0 spiro atoms. The van der Waals surface area contributed by atoms with E-state index in [2.05, 4.69) is 26.4 Å². The highest BCUT2D eigenvalue weighted by molar-refractivity contribution is 7.07. The molecule has 0 atom stereocenters. The van der Waals surface area contributed by atoms with Crippen LogP contribution in [0.25, 0.3) is 11.0 Å². The maximum absolute atomic E-state index is 5.86. The average Bonchev–Trinajstić information content (AvgIpc) is 2.87. The minimum atomic E-state index is 0.538. The summed E-state index contributed by atoms with van der Waals surface area (Å²) in [6.07, 6.45) is 2.55. The van der Waals surface area contributed by atoms with Gasteiger partial charge in [-0.3, -0.25) is 0 Å². The second-order valence-corrected chi connectivity index (χ2v) is 4.35. The van der Waals surface area contributed by atoms with E-state index in [4.69, 9.17) is 5.73 Å². The van der Waals surface area contributed by atoms with Crippen LogP contribution in [0.2, 0.25) is 0 Å². The van der Waals surface area contributed by atoms with Crippen LogP contribution < -0.4 is 5.73 Å². The Kier molecular flexibility index (Phi) is 2.11. The van der Waals surface area contributed by atoms with Crippen molar-refractivity contribution in [3.8, 4) is 0 Å². The molecule has 3 rings (SSSR count). The Bertz CT molecular complexity index is 612. The van der Waals surface area contributed by atoms with E-state index in [1.165, 1.54) is 5.56 Å². The highest BCUT2D eigenvalue weighted by atomic mass is 32.1. The molecule has 0 fully saturated rings. The molecule has 0 unspecified atom stereocenters. The molecule has 0 aliphatic carbocycles. The predicted octanol–water partition coefficient (Wildman–Crippen LogP) is 2.19. The lowest BCUT2D eigenvalue weighted by Crippen LogP contribution is -2.00. The molecule has 0 saturated heterocycles. The minimum Gasteiger partial charge on any atom is -0.383 e. The van der Waals surface area contributed by atoms with Gasteiger partial charge in [0.15, 0.2) is 0 Å². The Labute approximate surface area is 96.2 Å². The summed E-state index contributed by atoms with van der Waals surface area (Å²) in [5.74, 6) is 1.29. The fourth-order valence-corrected chi connectivity index (χ4v) is 2.34. The van der Waals surface area contributed by atoms with Gasteiger partial charge in [0.05, 0.1) is 5.39 Å². The quantitative estimate of drug-likeness (QED) is 0.709. The van der Waals surface area contributed by atoms with Crippen molar-refractivity contribution in [2.24, 2.45) is 0 Å². The van der Waals surface area contributed by atoms with Crippen LogP contribution in [0.15, 0.2) is 29.1 Å². The fraction of sp³-hybridized carbons (Fsp3) is 0.0909. The van der Waals surface area contributed by atoms with Crippen LogP contribution in [0.1, 0.15) is 11.4 Å². The molecule has 3 aromatic heterocycles. The van der Waals surface area contributed by atoms with Gasteiger partial charge < -0.3 is 10.7 Å². The molecule has 0 aliphatic rings. The number of hydrogen-bond donors (Lipinski definition) is 2. The van der Waals surface area contributed by atoms with E-state index >= 15 is 0 Å². The van der Waals surface area contributed by atoms with Crippen molar-refractivity contribution >= 4 is 28.2 Å². The number of aromatic nitrogens is 3. The first-order valence-corrected chi connectivity index (χ1v) is 5.88. The number of rotatable bonds is 2. The third-order valence-corrected chi connectivity index (χ3v) is 3.17. The number of nitrogens with two attached hydrogens (primary N) is 1. The lowest BCUT2D eigenvalue weighted by molar-refractivity contribution is 0.996. The zero-order valence-electron chi connectivity index (χ0n) is 8.47. The first kappa shape index (κ1) is 9.35. The molecule has 0 amide bonds. The van der Waals surface area contributed by atoms with Crippen molar-refractivity contribution in [3.63, 3.8) is 0 Å². The zero-order valence-corrected chi connectivity index (χ0v) is 9.29. The average molecular weight is 230 g/mol. The van der Waals surface area contributed by atoms with Gasteiger partial charge in [0, 0.05) is 12.6 Å². The van der Waals surface area contributed by atoms with Gasteiger partial charge in [0.1, 0.15) is 17.3 Å². The largest absolute Gasteiger partial charge is 0.383 e. The number of fused-ring (bicyclic) bond motifs is 1. The van der Waals surface area contributed by atoms with Gasteiger partial charge in [-0.05, 0) is 28.5 Å². The number of hydrogen-bond acceptors (Lipinski definition) is 4. The lowest BCUT2D eigenvalue weighted by atomic mass is 10.2. The maximum Gasteiger partial charge on any atom is 0.143 e. The minimum absolute atomic E-state index is 0.538. The van der Waals surface area contributed by atoms with Crippen LogP contribution in [0.5, 0.6) is 0 Å². The summed E-state index contributed by atoms with van der Waals surface area (Å²) in [7, 11) is 0. The smallest absolute Gasteiger partial charge is 0.143 e. The molecule has 3 N–H and O–H groups in total. The molecule has 0 saturated carbocycles. The second-order valence-electron chi connectivity index (χ2n) is 3.57. The maximum atomic E-state index is 5.86. The Hall–Kier alpha value is -1.88. The second kappa shape index (κ2) is 3.61. The van der Waals surface area contributed by atoms with Gasteiger partial charge in [0.25, 0.3) is 0 Å². The van der Waals surface area contributed by atoms with E-state index in [0.29, 0.717) is 5.82 Å². The zero-order chi connectivity index (χ0) is 11.0.